The fourth-order valence-corrected chi connectivity index (χ4v) is 4.81. The van der Waals surface area contributed by atoms with Crippen LogP contribution < -0.4 is 5.32 Å². The highest BCUT2D eigenvalue weighted by molar-refractivity contribution is 5.86. The minimum absolute atomic E-state index is 0.730. The van der Waals surface area contributed by atoms with Gasteiger partial charge in [-0.3, -0.25) is 9.89 Å². The molecule has 2 saturated heterocycles. The van der Waals surface area contributed by atoms with Crippen LogP contribution in [-0.2, 0) is 17.6 Å². The van der Waals surface area contributed by atoms with Crippen LogP contribution in [0.4, 0.5) is 0 Å². The standard InChI is InChI=1S/C24H37N5O/c1-3-20-6-5-7-22-21(16-27-23(20)22)8-10-26-24(25-4-2)29-11-9-19(18-29)17-28-12-14-30-15-13-28/h5-7,16,19,27H,3-4,8-15,17-18H2,1-2H3,(H,25,26). The number of ether oxygens (including phenoxy) is 1. The summed E-state index contributed by atoms with van der Waals surface area (Å²) < 4.78 is 5.49. The highest BCUT2D eigenvalue weighted by Crippen LogP contribution is 2.23. The quantitative estimate of drug-likeness (QED) is 0.543. The Hall–Kier alpha value is -2.05. The number of aryl methyl sites for hydroxylation is 1. The van der Waals surface area contributed by atoms with Gasteiger partial charge in [-0.25, -0.2) is 0 Å². The second-order valence-corrected chi connectivity index (χ2v) is 8.51. The molecule has 0 aliphatic carbocycles. The molecule has 0 bridgehead atoms. The third-order valence-electron chi connectivity index (χ3n) is 6.45. The average molecular weight is 412 g/mol. The number of likely N-dealkylation sites (tertiary alicyclic amines) is 1. The van der Waals surface area contributed by atoms with Gasteiger partial charge in [0.25, 0.3) is 0 Å². The molecule has 30 heavy (non-hydrogen) atoms. The highest BCUT2D eigenvalue weighted by Gasteiger charge is 2.27. The summed E-state index contributed by atoms with van der Waals surface area (Å²) in [4.78, 5) is 13.5. The summed E-state index contributed by atoms with van der Waals surface area (Å²) in [6, 6.07) is 6.61. The van der Waals surface area contributed by atoms with E-state index in [1.165, 1.54) is 35.0 Å². The Kier molecular flexibility index (Phi) is 7.28. The predicted octanol–water partition coefficient (Wildman–Crippen LogP) is 2.89. The lowest BCUT2D eigenvalue weighted by molar-refractivity contribution is 0.0315. The molecule has 0 saturated carbocycles. The van der Waals surface area contributed by atoms with E-state index in [-0.39, 0.29) is 0 Å². The van der Waals surface area contributed by atoms with Crippen molar-refractivity contribution in [2.24, 2.45) is 10.9 Å². The van der Waals surface area contributed by atoms with Crippen LogP contribution in [-0.4, -0.2) is 79.8 Å². The summed E-state index contributed by atoms with van der Waals surface area (Å²) in [7, 11) is 0. The van der Waals surface area contributed by atoms with Crippen LogP contribution in [0.15, 0.2) is 29.4 Å². The van der Waals surface area contributed by atoms with Crippen LogP contribution in [0.5, 0.6) is 0 Å². The van der Waals surface area contributed by atoms with Crippen LogP contribution in [0.25, 0.3) is 10.9 Å². The molecule has 164 valence electrons. The van der Waals surface area contributed by atoms with Gasteiger partial charge in [0.1, 0.15) is 0 Å². The van der Waals surface area contributed by atoms with Crippen LogP contribution in [0.3, 0.4) is 0 Å². The first kappa shape index (κ1) is 21.2. The predicted molar refractivity (Wildman–Crippen MR) is 124 cm³/mol. The van der Waals surface area contributed by atoms with Crippen molar-refractivity contribution >= 4 is 16.9 Å². The van der Waals surface area contributed by atoms with E-state index >= 15 is 0 Å². The van der Waals surface area contributed by atoms with Gasteiger partial charge in [-0.1, -0.05) is 25.1 Å². The highest BCUT2D eigenvalue weighted by atomic mass is 16.5. The molecule has 2 aliphatic heterocycles. The number of para-hydroxylation sites is 1. The van der Waals surface area contributed by atoms with Gasteiger partial charge >= 0.3 is 0 Å². The van der Waals surface area contributed by atoms with Crippen molar-refractivity contribution in [2.75, 3.05) is 59.0 Å². The van der Waals surface area contributed by atoms with E-state index in [4.69, 9.17) is 9.73 Å². The van der Waals surface area contributed by atoms with E-state index in [9.17, 15) is 0 Å². The molecule has 4 rings (SSSR count). The number of hydrogen-bond donors (Lipinski definition) is 2. The van der Waals surface area contributed by atoms with Gasteiger partial charge in [-0.2, -0.15) is 0 Å². The number of benzene rings is 1. The Balaban J connectivity index is 1.35. The second kappa shape index (κ2) is 10.3. The number of aliphatic imine (C=N–C) groups is 1. The number of nitrogens with one attached hydrogen (secondary N) is 2. The third kappa shape index (κ3) is 4.98. The van der Waals surface area contributed by atoms with E-state index in [2.05, 4.69) is 58.3 Å². The van der Waals surface area contributed by atoms with Crippen molar-refractivity contribution in [2.45, 2.75) is 33.1 Å². The lowest BCUT2D eigenvalue weighted by atomic mass is 10.1. The summed E-state index contributed by atoms with van der Waals surface area (Å²) in [6.07, 6.45) is 5.44. The molecule has 3 heterocycles. The van der Waals surface area contributed by atoms with Crippen LogP contribution in [0.1, 0.15) is 31.4 Å². The number of H-pyrrole nitrogens is 1. The lowest BCUT2D eigenvalue weighted by Crippen LogP contribution is -2.42. The van der Waals surface area contributed by atoms with Gasteiger partial charge in [0.15, 0.2) is 5.96 Å². The zero-order valence-corrected chi connectivity index (χ0v) is 18.6. The monoisotopic (exact) mass is 411 g/mol. The van der Waals surface area contributed by atoms with E-state index < -0.39 is 0 Å². The minimum atomic E-state index is 0.730. The van der Waals surface area contributed by atoms with E-state index in [1.807, 2.05) is 0 Å². The van der Waals surface area contributed by atoms with Gasteiger partial charge in [-0.15, -0.1) is 0 Å². The Bertz CT molecular complexity index is 839. The first-order valence-electron chi connectivity index (χ1n) is 11.7. The molecule has 2 aliphatic rings. The van der Waals surface area contributed by atoms with Crippen molar-refractivity contribution in [1.29, 1.82) is 0 Å². The molecule has 2 N–H and O–H groups in total. The largest absolute Gasteiger partial charge is 0.379 e. The maximum atomic E-state index is 5.49. The summed E-state index contributed by atoms with van der Waals surface area (Å²) in [5.41, 5.74) is 4.04. The third-order valence-corrected chi connectivity index (χ3v) is 6.45. The van der Waals surface area contributed by atoms with Crippen molar-refractivity contribution in [3.8, 4) is 0 Å². The topological polar surface area (TPSA) is 55.9 Å². The molecule has 6 heteroatoms. The number of hydrogen-bond acceptors (Lipinski definition) is 3. The number of aromatic amines is 1. The number of morpholine rings is 1. The zero-order valence-electron chi connectivity index (χ0n) is 18.6. The van der Waals surface area contributed by atoms with Crippen LogP contribution in [0.2, 0.25) is 0 Å². The fraction of sp³-hybridized carbons (Fsp3) is 0.625. The van der Waals surface area contributed by atoms with Gasteiger partial charge in [0.2, 0.25) is 0 Å². The summed E-state index contributed by atoms with van der Waals surface area (Å²) >= 11 is 0. The first-order valence-corrected chi connectivity index (χ1v) is 11.7. The number of guanidine groups is 1. The zero-order chi connectivity index (χ0) is 20.8. The van der Waals surface area contributed by atoms with Crippen LogP contribution >= 0.6 is 0 Å². The summed E-state index contributed by atoms with van der Waals surface area (Å²) in [5.74, 6) is 1.81. The van der Waals surface area contributed by atoms with Crippen LogP contribution in [0, 0.1) is 5.92 Å². The number of aromatic nitrogens is 1. The Morgan fingerprint density at radius 3 is 2.87 bits per heavy atom. The average Bonchev–Trinajstić information content (AvgIpc) is 3.41. The Morgan fingerprint density at radius 2 is 2.07 bits per heavy atom. The Labute approximate surface area is 180 Å². The molecular weight excluding hydrogens is 374 g/mol. The van der Waals surface area contributed by atoms with Crippen molar-refractivity contribution < 1.29 is 4.74 Å². The van der Waals surface area contributed by atoms with Gasteiger partial charge < -0.3 is 19.9 Å². The molecule has 1 atom stereocenters. The molecule has 0 spiro atoms. The number of fused-ring (bicyclic) bond motifs is 1. The Morgan fingerprint density at radius 1 is 1.20 bits per heavy atom. The molecule has 0 radical (unpaired) electrons. The SMILES string of the molecule is CCNC(=NCCc1c[nH]c2c(CC)cccc12)N1CCC(CN2CCOCC2)C1. The summed E-state index contributed by atoms with van der Waals surface area (Å²) in [6.45, 7) is 13.4. The first-order chi connectivity index (χ1) is 14.8. The molecule has 2 fully saturated rings. The second-order valence-electron chi connectivity index (χ2n) is 8.51. The van der Waals surface area contributed by atoms with Gasteiger partial charge in [0, 0.05) is 62.9 Å². The van der Waals surface area contributed by atoms with E-state index in [0.717, 1.165) is 77.2 Å². The molecular formula is C24H37N5O. The van der Waals surface area contributed by atoms with Crippen molar-refractivity contribution in [1.82, 2.24) is 20.1 Å². The summed E-state index contributed by atoms with van der Waals surface area (Å²) in [5, 5.41) is 4.87. The molecule has 1 aromatic heterocycles. The molecule has 0 amide bonds. The molecule has 6 nitrogen and oxygen atoms in total. The molecule has 1 unspecified atom stereocenters. The smallest absolute Gasteiger partial charge is 0.193 e. The lowest BCUT2D eigenvalue weighted by Gasteiger charge is -2.29. The molecule has 1 aromatic carbocycles. The number of nitrogens with zero attached hydrogens (tertiary/aromatic N) is 3. The van der Waals surface area contributed by atoms with E-state index in [0.29, 0.717) is 0 Å². The van der Waals surface area contributed by atoms with Gasteiger partial charge in [0.05, 0.1) is 13.2 Å². The van der Waals surface area contributed by atoms with E-state index in [1.54, 1.807) is 0 Å². The normalized spacial score (nSPS) is 20.9. The van der Waals surface area contributed by atoms with Crippen molar-refractivity contribution in [3.05, 3.63) is 35.5 Å². The molecule has 2 aromatic rings. The van der Waals surface area contributed by atoms with Gasteiger partial charge in [-0.05, 0) is 43.2 Å². The van der Waals surface area contributed by atoms with Crippen molar-refractivity contribution in [3.63, 3.8) is 0 Å². The minimum Gasteiger partial charge on any atom is -0.379 e. The maximum absolute atomic E-state index is 5.49. The fourth-order valence-electron chi connectivity index (χ4n) is 4.81. The number of rotatable bonds is 7. The maximum Gasteiger partial charge on any atom is 0.193 e.